The van der Waals surface area contributed by atoms with Gasteiger partial charge in [0.1, 0.15) is 18.1 Å². The van der Waals surface area contributed by atoms with E-state index in [0.717, 1.165) is 28.8 Å². The summed E-state index contributed by atoms with van der Waals surface area (Å²) in [6.45, 7) is 4.42. The van der Waals surface area contributed by atoms with E-state index in [1.807, 2.05) is 48.5 Å². The minimum atomic E-state index is -1.06. The smallest absolute Gasteiger partial charge is 0.310 e. The summed E-state index contributed by atoms with van der Waals surface area (Å²) in [6, 6.07) is 27.1. The molecule has 4 rings (SSSR count). The number of anilines is 1. The monoisotopic (exact) mass is 526 g/mol. The molecule has 7 nitrogen and oxygen atoms in total. The van der Waals surface area contributed by atoms with E-state index < -0.39 is 11.4 Å². The van der Waals surface area contributed by atoms with Crippen molar-refractivity contribution in [3.8, 4) is 11.5 Å². The summed E-state index contributed by atoms with van der Waals surface area (Å²) in [6.07, 6.45) is 1.52. The van der Waals surface area contributed by atoms with E-state index in [9.17, 15) is 14.7 Å². The molecule has 0 unspecified atom stereocenters. The predicted octanol–water partition coefficient (Wildman–Crippen LogP) is 6.65. The normalized spacial score (nSPS) is 11.2. The van der Waals surface area contributed by atoms with E-state index in [2.05, 4.69) is 17.4 Å². The van der Waals surface area contributed by atoms with Crippen LogP contribution in [0.1, 0.15) is 44.4 Å². The van der Waals surface area contributed by atoms with Crippen molar-refractivity contribution in [3.05, 3.63) is 96.2 Å². The highest BCUT2D eigenvalue weighted by Crippen LogP contribution is 2.31. The van der Waals surface area contributed by atoms with Gasteiger partial charge in [0.25, 0.3) is 0 Å². The van der Waals surface area contributed by atoms with Crippen LogP contribution in [0.4, 0.5) is 5.69 Å². The standard InChI is InChI=1S/C32H34N2O5/c1-3-32(4-2,31(36)37)21-30(35)34-25-11-8-12-27(19-25)39-22-26-15-13-24-14-16-28(20-29(24)33-26)38-18-17-23-9-6-5-7-10-23/h5-16,19-20H,3-4,17-18,21-22H2,1-2H3,(H,34,35)(H,36,37). The van der Waals surface area contributed by atoms with Gasteiger partial charge in [0, 0.05) is 36.0 Å². The number of rotatable bonds is 13. The molecule has 0 radical (unpaired) electrons. The summed E-state index contributed by atoms with van der Waals surface area (Å²) in [7, 11) is 0. The van der Waals surface area contributed by atoms with Gasteiger partial charge in [0.15, 0.2) is 0 Å². The second-order valence-electron chi connectivity index (χ2n) is 9.58. The van der Waals surface area contributed by atoms with Crippen LogP contribution in [-0.2, 0) is 22.6 Å². The van der Waals surface area contributed by atoms with Crippen molar-refractivity contribution in [2.45, 2.75) is 46.1 Å². The minimum Gasteiger partial charge on any atom is -0.493 e. The fourth-order valence-corrected chi connectivity index (χ4v) is 4.45. The number of hydrogen-bond donors (Lipinski definition) is 2. The Bertz CT molecular complexity index is 1420. The van der Waals surface area contributed by atoms with Crippen molar-refractivity contribution < 1.29 is 24.2 Å². The van der Waals surface area contributed by atoms with Crippen molar-refractivity contribution in [1.29, 1.82) is 0 Å². The molecule has 7 heteroatoms. The highest BCUT2D eigenvalue weighted by atomic mass is 16.5. The van der Waals surface area contributed by atoms with E-state index in [1.54, 1.807) is 38.1 Å². The quantitative estimate of drug-likeness (QED) is 0.202. The zero-order valence-corrected chi connectivity index (χ0v) is 22.4. The van der Waals surface area contributed by atoms with Crippen LogP contribution in [0, 0.1) is 5.41 Å². The number of aliphatic carboxylic acids is 1. The molecule has 2 N–H and O–H groups in total. The third-order valence-electron chi connectivity index (χ3n) is 7.03. The van der Waals surface area contributed by atoms with Crippen LogP contribution in [0.15, 0.2) is 84.9 Å². The summed E-state index contributed by atoms with van der Waals surface area (Å²) < 4.78 is 11.9. The highest BCUT2D eigenvalue weighted by molar-refractivity contribution is 5.94. The van der Waals surface area contributed by atoms with Crippen LogP contribution in [0.5, 0.6) is 11.5 Å². The number of carbonyl (C=O) groups is 2. The topological polar surface area (TPSA) is 97.8 Å². The van der Waals surface area contributed by atoms with E-state index >= 15 is 0 Å². The molecule has 0 aliphatic heterocycles. The Morgan fingerprint density at radius 1 is 0.872 bits per heavy atom. The number of aromatic nitrogens is 1. The van der Waals surface area contributed by atoms with Crippen molar-refractivity contribution in [1.82, 2.24) is 4.98 Å². The number of carboxylic acid groups (broad SMARTS) is 1. The number of carbonyl (C=O) groups excluding carboxylic acids is 1. The molecule has 3 aromatic carbocycles. The SMILES string of the molecule is CCC(CC)(CC(=O)Nc1cccc(OCc2ccc3ccc(OCCc4ccccc4)cc3n2)c1)C(=O)O. The van der Waals surface area contributed by atoms with Gasteiger partial charge in [0.2, 0.25) is 5.91 Å². The first kappa shape index (κ1) is 27.6. The lowest BCUT2D eigenvalue weighted by Crippen LogP contribution is -2.34. The molecule has 0 saturated heterocycles. The van der Waals surface area contributed by atoms with E-state index in [4.69, 9.17) is 14.5 Å². The fraction of sp³-hybridized carbons (Fsp3) is 0.281. The Hall–Kier alpha value is -4.39. The average Bonchev–Trinajstić information content (AvgIpc) is 2.95. The molecule has 1 aromatic heterocycles. The molecule has 0 aliphatic rings. The molecular formula is C32H34N2O5. The number of ether oxygens (including phenoxy) is 2. The molecule has 0 fully saturated rings. The molecule has 0 atom stereocenters. The van der Waals surface area contributed by atoms with E-state index in [-0.39, 0.29) is 18.9 Å². The van der Waals surface area contributed by atoms with Gasteiger partial charge < -0.3 is 19.9 Å². The Morgan fingerprint density at radius 2 is 1.62 bits per heavy atom. The van der Waals surface area contributed by atoms with Crippen LogP contribution < -0.4 is 14.8 Å². The summed E-state index contributed by atoms with van der Waals surface area (Å²) >= 11 is 0. The first-order valence-corrected chi connectivity index (χ1v) is 13.2. The molecule has 1 amide bonds. The Labute approximate surface area is 228 Å². The number of carboxylic acids is 1. The van der Waals surface area contributed by atoms with Crippen LogP contribution in [0.2, 0.25) is 0 Å². The number of hydrogen-bond acceptors (Lipinski definition) is 5. The molecule has 39 heavy (non-hydrogen) atoms. The lowest BCUT2D eigenvalue weighted by molar-refractivity contribution is -0.151. The maximum Gasteiger partial charge on any atom is 0.310 e. The van der Waals surface area contributed by atoms with Gasteiger partial charge in [0.05, 0.1) is 23.2 Å². The lowest BCUT2D eigenvalue weighted by atomic mass is 9.79. The summed E-state index contributed by atoms with van der Waals surface area (Å²) in [4.78, 5) is 29.1. The number of amides is 1. The molecule has 0 spiro atoms. The van der Waals surface area contributed by atoms with Crippen LogP contribution in [0.25, 0.3) is 10.9 Å². The Balaban J connectivity index is 1.35. The zero-order chi connectivity index (χ0) is 27.7. The maximum atomic E-state index is 12.6. The fourth-order valence-electron chi connectivity index (χ4n) is 4.45. The van der Waals surface area contributed by atoms with Gasteiger partial charge in [-0.15, -0.1) is 0 Å². The molecule has 202 valence electrons. The van der Waals surface area contributed by atoms with Gasteiger partial charge in [-0.3, -0.25) is 9.59 Å². The van der Waals surface area contributed by atoms with Crippen molar-refractivity contribution in [3.63, 3.8) is 0 Å². The van der Waals surface area contributed by atoms with E-state index in [1.165, 1.54) is 5.56 Å². The van der Waals surface area contributed by atoms with Gasteiger partial charge in [-0.2, -0.15) is 0 Å². The van der Waals surface area contributed by atoms with Gasteiger partial charge in [-0.25, -0.2) is 4.98 Å². The first-order chi connectivity index (χ1) is 18.9. The molecule has 4 aromatic rings. The molecule has 0 saturated carbocycles. The molecular weight excluding hydrogens is 492 g/mol. The largest absolute Gasteiger partial charge is 0.493 e. The highest BCUT2D eigenvalue weighted by Gasteiger charge is 2.37. The molecule has 0 bridgehead atoms. The molecule has 0 aliphatic carbocycles. The van der Waals surface area contributed by atoms with Crippen LogP contribution in [0.3, 0.4) is 0 Å². The second kappa shape index (κ2) is 12.9. The van der Waals surface area contributed by atoms with Crippen molar-refractivity contribution >= 4 is 28.5 Å². The van der Waals surface area contributed by atoms with Crippen molar-refractivity contribution in [2.75, 3.05) is 11.9 Å². The maximum absolute atomic E-state index is 12.6. The number of nitrogens with one attached hydrogen (secondary N) is 1. The summed E-state index contributed by atoms with van der Waals surface area (Å²) in [5, 5.41) is 13.4. The lowest BCUT2D eigenvalue weighted by Gasteiger charge is -2.25. The van der Waals surface area contributed by atoms with E-state index in [0.29, 0.717) is 30.9 Å². The third kappa shape index (κ3) is 7.35. The van der Waals surface area contributed by atoms with Gasteiger partial charge >= 0.3 is 5.97 Å². The predicted molar refractivity (Wildman–Crippen MR) is 152 cm³/mol. The average molecular weight is 527 g/mol. The van der Waals surface area contributed by atoms with Gasteiger partial charge in [-0.1, -0.05) is 56.3 Å². The first-order valence-electron chi connectivity index (χ1n) is 13.2. The number of nitrogens with zero attached hydrogens (tertiary/aromatic N) is 1. The van der Waals surface area contributed by atoms with Crippen LogP contribution in [-0.4, -0.2) is 28.6 Å². The number of pyridine rings is 1. The minimum absolute atomic E-state index is 0.0839. The Kier molecular flexibility index (Phi) is 9.15. The zero-order valence-electron chi connectivity index (χ0n) is 22.4. The van der Waals surface area contributed by atoms with Gasteiger partial charge in [-0.05, 0) is 48.7 Å². The summed E-state index contributed by atoms with van der Waals surface area (Å²) in [5.41, 5.74) is 2.30. The number of benzene rings is 3. The third-order valence-corrected chi connectivity index (χ3v) is 7.03. The molecule has 1 heterocycles. The second-order valence-corrected chi connectivity index (χ2v) is 9.58. The van der Waals surface area contributed by atoms with Crippen LogP contribution >= 0.6 is 0 Å². The van der Waals surface area contributed by atoms with Crippen molar-refractivity contribution in [2.24, 2.45) is 5.41 Å². The number of fused-ring (bicyclic) bond motifs is 1. The Morgan fingerprint density at radius 3 is 2.36 bits per heavy atom. The summed E-state index contributed by atoms with van der Waals surface area (Å²) in [5.74, 6) is 0.0541.